The summed E-state index contributed by atoms with van der Waals surface area (Å²) in [5, 5.41) is 8.57. The fraction of sp³-hybridized carbons (Fsp3) is 0. The van der Waals surface area contributed by atoms with Crippen LogP contribution in [-0.4, -0.2) is 8.07 Å². The predicted octanol–water partition coefficient (Wildman–Crippen LogP) is 11.1. The van der Waals surface area contributed by atoms with Gasteiger partial charge in [0, 0.05) is 5.56 Å². The van der Waals surface area contributed by atoms with Gasteiger partial charge < -0.3 is 0 Å². The van der Waals surface area contributed by atoms with E-state index >= 15 is 0 Å². The third-order valence-electron chi connectivity index (χ3n) is 10.4. The van der Waals surface area contributed by atoms with Crippen LogP contribution < -0.4 is 15.6 Å². The summed E-state index contributed by atoms with van der Waals surface area (Å²) < 4.78 is 0. The van der Waals surface area contributed by atoms with Crippen LogP contribution >= 0.6 is 0 Å². The van der Waals surface area contributed by atoms with Crippen molar-refractivity contribution in [2.45, 2.75) is 0 Å². The Bertz CT molecular complexity index is 2530. The molecule has 9 rings (SSSR count). The molecular formula is C52H36Si. The highest BCUT2D eigenvalue weighted by Crippen LogP contribution is 2.42. The zero-order valence-corrected chi connectivity index (χ0v) is 30.3. The molecule has 0 nitrogen and oxygen atoms in total. The van der Waals surface area contributed by atoms with Gasteiger partial charge >= 0.3 is 0 Å². The molecule has 1 heteroatoms. The molecule has 0 amide bonds. The van der Waals surface area contributed by atoms with Gasteiger partial charge in [0.2, 0.25) is 8.07 Å². The minimum atomic E-state index is -2.81. The largest absolute Gasteiger partial charge is 0.230 e. The molecule has 0 saturated carbocycles. The lowest BCUT2D eigenvalue weighted by molar-refractivity contribution is 1.58. The Kier molecular flexibility index (Phi) is 8.58. The van der Waals surface area contributed by atoms with Gasteiger partial charge in [0.1, 0.15) is 0 Å². The third-order valence-corrected chi connectivity index (χ3v) is 14.5. The number of hydrogen-bond donors (Lipinski definition) is 0. The molecule has 0 aromatic heterocycles. The highest BCUT2D eigenvalue weighted by atomic mass is 28.3. The molecule has 0 spiro atoms. The van der Waals surface area contributed by atoms with Crippen LogP contribution in [0.15, 0.2) is 218 Å². The van der Waals surface area contributed by atoms with Crippen LogP contribution in [0.3, 0.4) is 0 Å². The Morgan fingerprint density at radius 1 is 0.283 bits per heavy atom. The Balaban J connectivity index is 1.35. The summed E-state index contributed by atoms with van der Waals surface area (Å²) in [6.45, 7) is 0. The first-order valence-electron chi connectivity index (χ1n) is 18.2. The number of hydrogen-bond acceptors (Lipinski definition) is 0. The van der Waals surface area contributed by atoms with E-state index in [9.17, 15) is 0 Å². The van der Waals surface area contributed by atoms with E-state index in [1.165, 1.54) is 59.7 Å². The van der Waals surface area contributed by atoms with Crippen molar-refractivity contribution in [1.29, 1.82) is 0 Å². The number of benzene rings is 9. The van der Waals surface area contributed by atoms with E-state index in [0.717, 1.165) is 16.3 Å². The van der Waals surface area contributed by atoms with Crippen molar-refractivity contribution in [3.05, 3.63) is 224 Å². The Morgan fingerprint density at radius 3 is 1.00 bits per heavy atom. The molecule has 0 aliphatic rings. The summed E-state index contributed by atoms with van der Waals surface area (Å²) in [5.74, 6) is 3.93. The monoisotopic (exact) mass is 688 g/mol. The molecule has 0 radical (unpaired) electrons. The summed E-state index contributed by atoms with van der Waals surface area (Å²) in [4.78, 5) is 0. The zero-order chi connectivity index (χ0) is 35.5. The van der Waals surface area contributed by atoms with Crippen LogP contribution in [0.4, 0.5) is 0 Å². The van der Waals surface area contributed by atoms with Crippen molar-refractivity contribution < 1.29 is 0 Å². The molecular weight excluding hydrogens is 653 g/mol. The van der Waals surface area contributed by atoms with E-state index in [0.29, 0.717) is 0 Å². The molecule has 0 heterocycles. The van der Waals surface area contributed by atoms with E-state index < -0.39 is 8.07 Å². The minimum Gasteiger partial charge on any atom is -0.109 e. The predicted molar refractivity (Wildman–Crippen MR) is 229 cm³/mol. The fourth-order valence-corrected chi connectivity index (χ4v) is 11.7. The number of fused-ring (bicyclic) bond motifs is 2. The lowest BCUT2D eigenvalue weighted by Gasteiger charge is -2.28. The average Bonchev–Trinajstić information content (AvgIpc) is 3.25. The molecule has 0 unspecified atom stereocenters. The van der Waals surface area contributed by atoms with Gasteiger partial charge in [0.05, 0.1) is 0 Å². The van der Waals surface area contributed by atoms with Crippen molar-refractivity contribution in [1.82, 2.24) is 0 Å². The summed E-state index contributed by atoms with van der Waals surface area (Å²) in [6, 6.07) is 79.0. The Hall–Kier alpha value is -6.72. The van der Waals surface area contributed by atoms with E-state index in [-0.39, 0.29) is 0 Å². The summed E-state index contributed by atoms with van der Waals surface area (Å²) in [6.07, 6.45) is 0. The molecule has 0 fully saturated rings. The van der Waals surface area contributed by atoms with Gasteiger partial charge in [-0.15, -0.1) is 5.54 Å². The van der Waals surface area contributed by atoms with Gasteiger partial charge in [0.15, 0.2) is 0 Å². The maximum atomic E-state index is 4.09. The quantitative estimate of drug-likeness (QED) is 0.0706. The molecule has 248 valence electrons. The zero-order valence-electron chi connectivity index (χ0n) is 29.3. The van der Waals surface area contributed by atoms with Crippen LogP contribution in [0.5, 0.6) is 0 Å². The molecule has 9 aromatic rings. The van der Waals surface area contributed by atoms with Crippen molar-refractivity contribution in [3.63, 3.8) is 0 Å². The van der Waals surface area contributed by atoms with Crippen molar-refractivity contribution in [2.75, 3.05) is 0 Å². The Morgan fingerprint density at radius 2 is 0.604 bits per heavy atom. The van der Waals surface area contributed by atoms with Crippen LogP contribution in [0.25, 0.3) is 54.9 Å². The van der Waals surface area contributed by atoms with E-state index in [4.69, 9.17) is 0 Å². The summed E-state index contributed by atoms with van der Waals surface area (Å²) in [5.41, 5.74) is 12.4. The van der Waals surface area contributed by atoms with E-state index in [1.807, 2.05) is 0 Å². The molecule has 0 aliphatic heterocycles. The average molecular weight is 689 g/mol. The second-order valence-corrected chi connectivity index (χ2v) is 17.0. The van der Waals surface area contributed by atoms with Crippen molar-refractivity contribution in [3.8, 4) is 44.8 Å². The lowest BCUT2D eigenvalue weighted by atomic mass is 9.86. The molecule has 0 N–H and O–H groups in total. The molecule has 9 aromatic carbocycles. The van der Waals surface area contributed by atoms with Crippen LogP contribution in [0.1, 0.15) is 5.56 Å². The molecule has 0 saturated heterocycles. The molecule has 0 atom stereocenters. The Labute approximate surface area is 312 Å². The highest BCUT2D eigenvalue weighted by molar-refractivity contribution is 7.16. The van der Waals surface area contributed by atoms with E-state index in [1.54, 1.807) is 0 Å². The standard InChI is InChI=1S/C52H36Si/c1-6-20-39(21-7-1)41-36-42(40-22-8-2-9-23-40)38-43(37-41)52-50-32-18-16-30-47(50)49(48-31-17-19-33-51(48)52)34-35-53(44-24-10-3-11-25-44,45-26-12-4-13-27-45)46-28-14-5-15-29-46/h1-33,36-38H. The smallest absolute Gasteiger partial charge is 0.109 e. The minimum absolute atomic E-state index is 1.07. The van der Waals surface area contributed by atoms with Gasteiger partial charge in [-0.2, -0.15) is 0 Å². The summed E-state index contributed by atoms with van der Waals surface area (Å²) in [7, 11) is -2.81. The maximum Gasteiger partial charge on any atom is 0.230 e. The van der Waals surface area contributed by atoms with Crippen LogP contribution in [0, 0.1) is 11.5 Å². The topological polar surface area (TPSA) is 0 Å². The third kappa shape index (κ3) is 5.96. The molecule has 0 aliphatic carbocycles. The van der Waals surface area contributed by atoms with Crippen molar-refractivity contribution in [2.24, 2.45) is 0 Å². The van der Waals surface area contributed by atoms with Gasteiger partial charge in [-0.05, 0) is 88.7 Å². The lowest BCUT2D eigenvalue weighted by Crippen LogP contribution is -2.66. The summed E-state index contributed by atoms with van der Waals surface area (Å²) >= 11 is 0. The van der Waals surface area contributed by atoms with Gasteiger partial charge in [0.25, 0.3) is 0 Å². The first kappa shape index (κ1) is 32.2. The number of rotatable bonds is 6. The first-order valence-corrected chi connectivity index (χ1v) is 20.2. The maximum absolute atomic E-state index is 4.09. The molecule has 53 heavy (non-hydrogen) atoms. The van der Waals surface area contributed by atoms with Crippen LogP contribution in [0.2, 0.25) is 0 Å². The molecule has 0 bridgehead atoms. The second kappa shape index (κ2) is 14.1. The van der Waals surface area contributed by atoms with Gasteiger partial charge in [-0.25, -0.2) is 0 Å². The van der Waals surface area contributed by atoms with Crippen LogP contribution in [-0.2, 0) is 0 Å². The van der Waals surface area contributed by atoms with E-state index in [2.05, 4.69) is 230 Å². The SMILES string of the molecule is C(#C[Si](c1ccccc1)(c1ccccc1)c1ccccc1)c1c2ccccc2c(-c2cc(-c3ccccc3)cc(-c3ccccc3)c2)c2ccccc12. The van der Waals surface area contributed by atoms with Crippen molar-refractivity contribution >= 4 is 45.2 Å². The van der Waals surface area contributed by atoms with Gasteiger partial charge in [-0.1, -0.05) is 206 Å². The van der Waals surface area contributed by atoms with Gasteiger partial charge in [-0.3, -0.25) is 0 Å². The highest BCUT2D eigenvalue weighted by Gasteiger charge is 2.38. The first-order chi connectivity index (χ1) is 26.3. The second-order valence-electron chi connectivity index (χ2n) is 13.5. The fourth-order valence-electron chi connectivity index (χ4n) is 7.88. The normalized spacial score (nSPS) is 11.2.